The lowest BCUT2D eigenvalue weighted by atomic mass is 10.2. The topological polar surface area (TPSA) is 84.6 Å². The summed E-state index contributed by atoms with van der Waals surface area (Å²) in [5, 5.41) is 15.2. The Morgan fingerprint density at radius 2 is 2.43 bits per heavy atom. The number of anilines is 1. The van der Waals surface area contributed by atoms with Crippen molar-refractivity contribution in [1.82, 2.24) is 25.1 Å². The smallest absolute Gasteiger partial charge is 0.246 e. The van der Waals surface area contributed by atoms with Crippen LogP contribution in [-0.2, 0) is 9.53 Å². The Kier molecular flexibility index (Phi) is 3.96. The first-order chi connectivity index (χ1) is 10.3. The zero-order valence-electron chi connectivity index (χ0n) is 11.9. The lowest BCUT2D eigenvalue weighted by Gasteiger charge is -2.17. The number of hydrogen-bond donors (Lipinski definition) is 1. The van der Waals surface area contributed by atoms with E-state index in [1.165, 1.54) is 0 Å². The molecule has 1 amide bonds. The quantitative estimate of drug-likeness (QED) is 0.825. The third kappa shape index (κ3) is 3.10. The number of nitrogens with zero attached hydrogens (tertiary/aromatic N) is 5. The molecule has 1 saturated heterocycles. The van der Waals surface area contributed by atoms with Gasteiger partial charge in [-0.3, -0.25) is 4.79 Å². The molecular formula is C13H18N6O2. The van der Waals surface area contributed by atoms with Gasteiger partial charge in [-0.1, -0.05) is 0 Å². The van der Waals surface area contributed by atoms with Crippen molar-refractivity contribution in [1.29, 1.82) is 0 Å². The fourth-order valence-electron chi connectivity index (χ4n) is 2.44. The lowest BCUT2D eigenvalue weighted by molar-refractivity contribution is -0.126. The van der Waals surface area contributed by atoms with E-state index >= 15 is 0 Å². The Morgan fingerprint density at radius 1 is 1.52 bits per heavy atom. The van der Waals surface area contributed by atoms with E-state index in [0.29, 0.717) is 6.61 Å². The van der Waals surface area contributed by atoms with Gasteiger partial charge < -0.3 is 15.0 Å². The maximum Gasteiger partial charge on any atom is 0.246 e. The van der Waals surface area contributed by atoms with Crippen LogP contribution in [-0.4, -0.2) is 58.1 Å². The molecule has 8 heteroatoms. The molecule has 1 unspecified atom stereocenters. The summed E-state index contributed by atoms with van der Waals surface area (Å²) in [4.78, 5) is 13.8. The van der Waals surface area contributed by atoms with Crippen LogP contribution < -0.4 is 10.2 Å². The Hall–Kier alpha value is -2.22. The van der Waals surface area contributed by atoms with Crippen LogP contribution in [0.15, 0.2) is 18.5 Å². The summed E-state index contributed by atoms with van der Waals surface area (Å²) in [7, 11) is 0. The molecule has 0 saturated carbocycles. The van der Waals surface area contributed by atoms with Crippen LogP contribution in [0.2, 0.25) is 0 Å². The van der Waals surface area contributed by atoms with E-state index in [1.807, 2.05) is 19.1 Å². The summed E-state index contributed by atoms with van der Waals surface area (Å²) in [6, 6.07) is 3.95. The molecule has 112 valence electrons. The predicted octanol–water partition coefficient (Wildman–Crippen LogP) is -0.144. The normalized spacial score (nSPS) is 18.3. The summed E-state index contributed by atoms with van der Waals surface area (Å²) in [5.41, 5.74) is 0.722. The van der Waals surface area contributed by atoms with Crippen molar-refractivity contribution < 1.29 is 9.53 Å². The number of rotatable bonds is 5. The number of amides is 1. The van der Waals surface area contributed by atoms with E-state index in [9.17, 15) is 4.79 Å². The third-order valence-corrected chi connectivity index (χ3v) is 3.46. The van der Waals surface area contributed by atoms with Crippen LogP contribution in [0.3, 0.4) is 0 Å². The second-order valence-corrected chi connectivity index (χ2v) is 4.96. The largest absolute Gasteiger partial charge is 0.372 e. The number of hydrogen-bond acceptors (Lipinski definition) is 6. The molecule has 1 aliphatic heterocycles. The van der Waals surface area contributed by atoms with Crippen LogP contribution in [0, 0.1) is 0 Å². The van der Waals surface area contributed by atoms with Crippen molar-refractivity contribution >= 4 is 17.4 Å². The van der Waals surface area contributed by atoms with Crippen LogP contribution >= 0.6 is 0 Å². The highest BCUT2D eigenvalue weighted by Crippen LogP contribution is 2.18. The van der Waals surface area contributed by atoms with E-state index in [2.05, 4.69) is 25.5 Å². The Bertz CT molecular complexity index is 628. The average Bonchev–Trinajstić information content (AvgIpc) is 3.12. The van der Waals surface area contributed by atoms with Crippen LogP contribution in [0.1, 0.15) is 13.3 Å². The van der Waals surface area contributed by atoms with E-state index in [1.54, 1.807) is 10.8 Å². The van der Waals surface area contributed by atoms with Crippen molar-refractivity contribution in [3.05, 3.63) is 18.5 Å². The minimum atomic E-state index is -0.0640. The van der Waals surface area contributed by atoms with Gasteiger partial charge in [0.2, 0.25) is 5.91 Å². The second kappa shape index (κ2) is 6.04. The number of carbonyl (C=O) groups is 1. The van der Waals surface area contributed by atoms with E-state index < -0.39 is 0 Å². The maximum atomic E-state index is 11.7. The first kappa shape index (κ1) is 13.7. The molecule has 1 N–H and O–H groups in total. The third-order valence-electron chi connectivity index (χ3n) is 3.46. The molecular weight excluding hydrogens is 272 g/mol. The molecule has 2 aromatic rings. The fraction of sp³-hybridized carbons (Fsp3) is 0.538. The van der Waals surface area contributed by atoms with Crippen molar-refractivity contribution in [2.75, 3.05) is 31.2 Å². The SMILES string of the molecule is CCOCC(=O)NC1CCN(c2ccc3nncn3n2)C1. The summed E-state index contributed by atoms with van der Waals surface area (Å²) in [5.74, 6) is 0.801. The average molecular weight is 290 g/mol. The highest BCUT2D eigenvalue weighted by molar-refractivity contribution is 5.77. The molecule has 0 aromatic carbocycles. The van der Waals surface area contributed by atoms with Gasteiger partial charge in [-0.2, -0.15) is 4.52 Å². The molecule has 1 atom stereocenters. The summed E-state index contributed by atoms with van der Waals surface area (Å²) < 4.78 is 6.75. The number of aromatic nitrogens is 4. The van der Waals surface area contributed by atoms with Crippen LogP contribution in [0.4, 0.5) is 5.82 Å². The van der Waals surface area contributed by atoms with E-state index in [0.717, 1.165) is 31.0 Å². The van der Waals surface area contributed by atoms with Crippen molar-refractivity contribution in [3.8, 4) is 0 Å². The van der Waals surface area contributed by atoms with Gasteiger partial charge in [-0.05, 0) is 25.5 Å². The number of carbonyl (C=O) groups excluding carboxylic acids is 1. The van der Waals surface area contributed by atoms with Crippen molar-refractivity contribution in [2.24, 2.45) is 0 Å². The second-order valence-electron chi connectivity index (χ2n) is 4.96. The Labute approximate surface area is 122 Å². The molecule has 3 rings (SSSR count). The van der Waals surface area contributed by atoms with Gasteiger partial charge in [0, 0.05) is 25.7 Å². The number of fused-ring (bicyclic) bond motifs is 1. The molecule has 1 fully saturated rings. The van der Waals surface area contributed by atoms with Gasteiger partial charge in [-0.25, -0.2) is 0 Å². The number of nitrogens with one attached hydrogen (secondary N) is 1. The van der Waals surface area contributed by atoms with Gasteiger partial charge >= 0.3 is 0 Å². The Balaban J connectivity index is 1.59. The molecule has 0 bridgehead atoms. The zero-order chi connectivity index (χ0) is 14.7. The van der Waals surface area contributed by atoms with Crippen molar-refractivity contribution in [3.63, 3.8) is 0 Å². The predicted molar refractivity (Wildman–Crippen MR) is 76.0 cm³/mol. The molecule has 3 heterocycles. The standard InChI is InChI=1S/C13H18N6O2/c1-2-21-8-13(20)15-10-5-6-18(7-10)12-4-3-11-16-14-9-19(11)17-12/h3-4,9-10H,2,5-8H2,1H3,(H,15,20). The highest BCUT2D eigenvalue weighted by Gasteiger charge is 2.25. The lowest BCUT2D eigenvalue weighted by Crippen LogP contribution is -2.39. The minimum Gasteiger partial charge on any atom is -0.372 e. The first-order valence-corrected chi connectivity index (χ1v) is 7.05. The molecule has 0 aliphatic carbocycles. The molecule has 1 aliphatic rings. The van der Waals surface area contributed by atoms with Gasteiger partial charge in [0.1, 0.15) is 18.8 Å². The first-order valence-electron chi connectivity index (χ1n) is 7.05. The molecule has 8 nitrogen and oxygen atoms in total. The fourth-order valence-corrected chi connectivity index (χ4v) is 2.44. The van der Waals surface area contributed by atoms with Crippen LogP contribution in [0.25, 0.3) is 5.65 Å². The van der Waals surface area contributed by atoms with Gasteiger partial charge in [0.15, 0.2) is 5.65 Å². The summed E-state index contributed by atoms with van der Waals surface area (Å²) >= 11 is 0. The Morgan fingerprint density at radius 3 is 3.29 bits per heavy atom. The van der Waals surface area contributed by atoms with Crippen LogP contribution in [0.5, 0.6) is 0 Å². The minimum absolute atomic E-state index is 0.0640. The van der Waals surface area contributed by atoms with Gasteiger partial charge in [-0.15, -0.1) is 15.3 Å². The maximum absolute atomic E-state index is 11.7. The molecule has 0 radical (unpaired) electrons. The zero-order valence-corrected chi connectivity index (χ0v) is 11.9. The molecule has 2 aromatic heterocycles. The van der Waals surface area contributed by atoms with Gasteiger partial charge in [0.25, 0.3) is 0 Å². The van der Waals surface area contributed by atoms with E-state index in [-0.39, 0.29) is 18.6 Å². The number of ether oxygens (including phenoxy) is 1. The summed E-state index contributed by atoms with van der Waals surface area (Å²) in [6.07, 6.45) is 2.48. The molecule has 21 heavy (non-hydrogen) atoms. The summed E-state index contributed by atoms with van der Waals surface area (Å²) in [6.45, 7) is 4.15. The van der Waals surface area contributed by atoms with Crippen molar-refractivity contribution in [2.45, 2.75) is 19.4 Å². The highest BCUT2D eigenvalue weighted by atomic mass is 16.5. The van der Waals surface area contributed by atoms with Gasteiger partial charge in [0.05, 0.1) is 0 Å². The molecule has 0 spiro atoms. The monoisotopic (exact) mass is 290 g/mol. The van der Waals surface area contributed by atoms with E-state index in [4.69, 9.17) is 4.74 Å².